The van der Waals surface area contributed by atoms with E-state index in [1.807, 2.05) is 30.4 Å². The molecule has 1 aromatic carbocycles. The number of halogens is 1. The van der Waals surface area contributed by atoms with E-state index in [0.29, 0.717) is 36.7 Å². The molecule has 4 heterocycles. The van der Waals surface area contributed by atoms with Crippen LogP contribution in [0.5, 0.6) is 0 Å². The highest BCUT2D eigenvalue weighted by atomic mass is 35.5. The van der Waals surface area contributed by atoms with Gasteiger partial charge in [-0.2, -0.15) is 0 Å². The lowest BCUT2D eigenvalue weighted by Gasteiger charge is -2.35. The lowest BCUT2D eigenvalue weighted by Crippen LogP contribution is -2.55. The molecule has 5 atom stereocenters. The van der Waals surface area contributed by atoms with Gasteiger partial charge < -0.3 is 24.4 Å². The molecule has 1 aromatic rings. The number of esters is 1. The number of hydrogen-bond donors (Lipinski definition) is 1. The molecule has 0 saturated carbocycles. The first-order valence-electron chi connectivity index (χ1n) is 13.7. The van der Waals surface area contributed by atoms with Crippen LogP contribution in [0.3, 0.4) is 0 Å². The van der Waals surface area contributed by atoms with Gasteiger partial charge in [-0.15, -0.1) is 0 Å². The molecule has 0 aliphatic carbocycles. The van der Waals surface area contributed by atoms with Gasteiger partial charge in [-0.3, -0.25) is 14.4 Å². The van der Waals surface area contributed by atoms with Gasteiger partial charge in [0.25, 0.3) is 5.91 Å². The Kier molecular flexibility index (Phi) is 8.21. The molecular formula is C29H35ClN2O6. The Bertz CT molecular complexity index is 1120. The number of likely N-dealkylation sites (tertiary alicyclic amines) is 1. The summed E-state index contributed by atoms with van der Waals surface area (Å²) in [5.41, 5.74) is -0.724. The fraction of sp³-hybridized carbons (Fsp3) is 0.552. The molecule has 0 radical (unpaired) electrons. The van der Waals surface area contributed by atoms with Crippen molar-refractivity contribution in [1.82, 2.24) is 4.90 Å². The quantitative estimate of drug-likeness (QED) is 0.321. The Morgan fingerprint density at radius 1 is 1.03 bits per heavy atom. The molecular weight excluding hydrogens is 508 g/mol. The highest BCUT2D eigenvalue weighted by molar-refractivity contribution is 6.34. The average molecular weight is 543 g/mol. The minimum Gasteiger partial charge on any atom is -0.465 e. The van der Waals surface area contributed by atoms with Crippen LogP contribution in [-0.2, 0) is 23.9 Å². The van der Waals surface area contributed by atoms with Crippen LogP contribution in [0, 0.1) is 11.8 Å². The number of hydrogen-bond acceptors (Lipinski definition) is 6. The molecule has 4 aliphatic rings. The van der Waals surface area contributed by atoms with Crippen molar-refractivity contribution in [1.29, 1.82) is 0 Å². The van der Waals surface area contributed by atoms with Crippen LogP contribution in [0.15, 0.2) is 48.6 Å². The molecule has 5 rings (SSSR count). The van der Waals surface area contributed by atoms with Crippen molar-refractivity contribution in [3.8, 4) is 0 Å². The number of anilines is 1. The van der Waals surface area contributed by atoms with Crippen LogP contribution in [0.1, 0.15) is 44.9 Å². The molecule has 2 fully saturated rings. The second-order valence-corrected chi connectivity index (χ2v) is 10.8. The summed E-state index contributed by atoms with van der Waals surface area (Å²) in [7, 11) is 0. The minimum absolute atomic E-state index is 0.124. The number of benzene rings is 1. The molecule has 8 nitrogen and oxygen atoms in total. The normalized spacial score (nSPS) is 31.9. The first-order chi connectivity index (χ1) is 18.5. The fourth-order valence-corrected chi connectivity index (χ4v) is 6.53. The smallest absolute Gasteiger partial charge is 0.312 e. The van der Waals surface area contributed by atoms with Gasteiger partial charge in [-0.05, 0) is 44.2 Å². The fourth-order valence-electron chi connectivity index (χ4n) is 6.29. The topological polar surface area (TPSA) is 96.4 Å². The lowest BCUT2D eigenvalue weighted by atomic mass is 9.78. The van der Waals surface area contributed by atoms with Crippen molar-refractivity contribution in [3.63, 3.8) is 0 Å². The molecule has 4 aliphatic heterocycles. The van der Waals surface area contributed by atoms with Gasteiger partial charge in [0.15, 0.2) is 0 Å². The maximum absolute atomic E-state index is 14.3. The predicted octanol–water partition coefficient (Wildman–Crippen LogP) is 3.66. The van der Waals surface area contributed by atoms with Gasteiger partial charge in [-0.1, -0.05) is 60.9 Å². The second-order valence-electron chi connectivity index (χ2n) is 10.4. The number of aliphatic hydroxyl groups is 1. The third-order valence-electron chi connectivity index (χ3n) is 8.05. The molecule has 1 spiro atoms. The van der Waals surface area contributed by atoms with Gasteiger partial charge in [0.1, 0.15) is 17.6 Å². The lowest BCUT2D eigenvalue weighted by molar-refractivity contribution is -0.154. The van der Waals surface area contributed by atoms with E-state index >= 15 is 0 Å². The van der Waals surface area contributed by atoms with E-state index in [1.165, 1.54) is 0 Å². The Morgan fingerprint density at radius 3 is 2.66 bits per heavy atom. The number of carbonyl (C=O) groups excluding carboxylic acids is 3. The van der Waals surface area contributed by atoms with E-state index in [2.05, 4.69) is 0 Å². The van der Waals surface area contributed by atoms with Gasteiger partial charge >= 0.3 is 5.97 Å². The standard InChI is InChI=1S/C29H35ClN2O6/c30-20-12-6-7-13-21(20)31-17-11-15-29-24(23-22(38-29)14-5-1-4-10-19-37-28(23)36)26(34)32(25(29)27(31)35)16-8-2-3-9-18-33/h5-7,11-15,22-25,33H,1-4,8-10,16-19H2/b14-5-/t22-,23+,24+,25?,29+/m1/s1. The number of aliphatic hydroxyl groups excluding tert-OH is 1. The Hall–Kier alpha value is -2.68. The largest absolute Gasteiger partial charge is 0.465 e. The van der Waals surface area contributed by atoms with Gasteiger partial charge in [0.05, 0.1) is 29.3 Å². The molecule has 1 unspecified atom stereocenters. The molecule has 9 heteroatoms. The van der Waals surface area contributed by atoms with Crippen LogP contribution in [0.2, 0.25) is 5.02 Å². The van der Waals surface area contributed by atoms with Crippen molar-refractivity contribution in [2.75, 3.05) is 31.2 Å². The van der Waals surface area contributed by atoms with Crippen molar-refractivity contribution in [3.05, 3.63) is 53.6 Å². The maximum atomic E-state index is 14.3. The third kappa shape index (κ3) is 4.78. The van der Waals surface area contributed by atoms with Gasteiger partial charge in [0.2, 0.25) is 5.91 Å². The van der Waals surface area contributed by atoms with E-state index in [0.717, 1.165) is 32.1 Å². The molecule has 204 valence electrons. The van der Waals surface area contributed by atoms with Crippen LogP contribution in [0.4, 0.5) is 5.69 Å². The zero-order valence-corrected chi connectivity index (χ0v) is 22.2. The Morgan fingerprint density at radius 2 is 1.84 bits per heavy atom. The highest BCUT2D eigenvalue weighted by Crippen LogP contribution is 2.53. The summed E-state index contributed by atoms with van der Waals surface area (Å²) in [6, 6.07) is 6.21. The summed E-state index contributed by atoms with van der Waals surface area (Å²) >= 11 is 6.49. The van der Waals surface area contributed by atoms with Crippen LogP contribution in [0.25, 0.3) is 0 Å². The summed E-state index contributed by atoms with van der Waals surface area (Å²) in [5, 5.41) is 9.56. The van der Waals surface area contributed by atoms with E-state index in [1.54, 1.807) is 28.0 Å². The number of nitrogens with zero attached hydrogens (tertiary/aromatic N) is 2. The molecule has 1 N–H and O–H groups in total. The number of amides is 2. The van der Waals surface area contributed by atoms with Crippen molar-refractivity contribution in [2.24, 2.45) is 11.8 Å². The summed E-state index contributed by atoms with van der Waals surface area (Å²) in [6.07, 6.45) is 12.4. The van der Waals surface area contributed by atoms with Crippen LogP contribution < -0.4 is 4.90 Å². The molecule has 38 heavy (non-hydrogen) atoms. The van der Waals surface area contributed by atoms with Gasteiger partial charge in [0, 0.05) is 19.7 Å². The maximum Gasteiger partial charge on any atom is 0.312 e. The first-order valence-corrected chi connectivity index (χ1v) is 14.0. The zero-order valence-electron chi connectivity index (χ0n) is 21.5. The third-order valence-corrected chi connectivity index (χ3v) is 8.37. The van der Waals surface area contributed by atoms with Crippen molar-refractivity contribution < 1.29 is 29.0 Å². The van der Waals surface area contributed by atoms with Gasteiger partial charge in [-0.25, -0.2) is 0 Å². The number of carbonyl (C=O) groups is 3. The number of fused-ring (bicyclic) bond motifs is 2. The Labute approximate surface area is 228 Å². The highest BCUT2D eigenvalue weighted by Gasteiger charge is 2.71. The summed E-state index contributed by atoms with van der Waals surface area (Å²) < 4.78 is 12.2. The number of para-hydroxylation sites is 1. The van der Waals surface area contributed by atoms with E-state index in [4.69, 9.17) is 26.2 Å². The SMILES string of the molecule is O=C1OCCCC/C=C\[C@H]2O[C@]34C=CCN(c5ccccc5Cl)C(=O)C3N(CCCCCCO)C(=O)[C@@H]4[C@@H]12. The molecule has 2 amide bonds. The summed E-state index contributed by atoms with van der Waals surface area (Å²) in [6.45, 7) is 1.05. The minimum atomic E-state index is -1.29. The predicted molar refractivity (Wildman–Crippen MR) is 143 cm³/mol. The number of ether oxygens (including phenoxy) is 2. The first kappa shape index (κ1) is 26.9. The number of allylic oxidation sites excluding steroid dienone is 1. The van der Waals surface area contributed by atoms with E-state index in [-0.39, 0.29) is 25.0 Å². The number of rotatable bonds is 7. The van der Waals surface area contributed by atoms with Crippen LogP contribution in [-0.4, -0.2) is 71.8 Å². The average Bonchev–Trinajstić information content (AvgIpc) is 3.29. The second kappa shape index (κ2) is 11.6. The Balaban J connectivity index is 1.54. The zero-order chi connectivity index (χ0) is 26.7. The number of cyclic esters (lactones) is 1. The number of unbranched alkanes of at least 4 members (excludes halogenated alkanes) is 3. The molecule has 0 bridgehead atoms. The monoisotopic (exact) mass is 542 g/mol. The summed E-state index contributed by atoms with van der Waals surface area (Å²) in [5.74, 6) is -2.68. The molecule has 2 saturated heterocycles. The molecule has 0 aromatic heterocycles. The van der Waals surface area contributed by atoms with Crippen LogP contribution >= 0.6 is 11.6 Å². The summed E-state index contributed by atoms with van der Waals surface area (Å²) in [4.78, 5) is 45.0. The van der Waals surface area contributed by atoms with E-state index in [9.17, 15) is 14.4 Å². The van der Waals surface area contributed by atoms with Crippen molar-refractivity contribution >= 4 is 35.1 Å². The van der Waals surface area contributed by atoms with E-state index < -0.39 is 35.6 Å². The van der Waals surface area contributed by atoms with Crippen molar-refractivity contribution in [2.45, 2.75) is 62.7 Å².